The molecule has 0 aliphatic heterocycles. The predicted molar refractivity (Wildman–Crippen MR) is 106 cm³/mol. The summed E-state index contributed by atoms with van der Waals surface area (Å²) in [6.45, 7) is 7.47. The highest BCUT2D eigenvalue weighted by molar-refractivity contribution is 8.01. The third-order valence-corrected chi connectivity index (χ3v) is 5.66. The van der Waals surface area contributed by atoms with E-state index in [0.717, 1.165) is 25.6 Å². The van der Waals surface area contributed by atoms with Gasteiger partial charge in [-0.25, -0.2) is 0 Å². The van der Waals surface area contributed by atoms with Crippen LogP contribution in [0.5, 0.6) is 0 Å². The SMILES string of the molecule is CN=C(NCC(C)(C)CN(C)C)NCC1(Sc2ccccc2)CC1. The Morgan fingerprint density at radius 3 is 2.42 bits per heavy atom. The largest absolute Gasteiger partial charge is 0.356 e. The first kappa shape index (κ1) is 19.1. The van der Waals surface area contributed by atoms with Crippen LogP contribution in [0.3, 0.4) is 0 Å². The zero-order valence-corrected chi connectivity index (χ0v) is 16.5. The van der Waals surface area contributed by atoms with Gasteiger partial charge in [-0.05, 0) is 44.5 Å². The quantitative estimate of drug-likeness (QED) is 0.559. The second-order valence-corrected chi connectivity index (χ2v) is 9.32. The van der Waals surface area contributed by atoms with E-state index < -0.39 is 0 Å². The maximum atomic E-state index is 4.38. The lowest BCUT2D eigenvalue weighted by atomic mass is 9.93. The van der Waals surface area contributed by atoms with Gasteiger partial charge in [-0.3, -0.25) is 4.99 Å². The van der Waals surface area contributed by atoms with Crippen molar-refractivity contribution in [3.8, 4) is 0 Å². The number of rotatable bonds is 8. The summed E-state index contributed by atoms with van der Waals surface area (Å²) in [4.78, 5) is 7.96. The van der Waals surface area contributed by atoms with Crippen molar-refractivity contribution in [1.29, 1.82) is 0 Å². The fraction of sp³-hybridized carbons (Fsp3) is 0.632. The van der Waals surface area contributed by atoms with Gasteiger partial charge in [-0.1, -0.05) is 32.0 Å². The summed E-state index contributed by atoms with van der Waals surface area (Å²) in [5.74, 6) is 0.904. The molecule has 4 nitrogen and oxygen atoms in total. The lowest BCUT2D eigenvalue weighted by molar-refractivity contribution is 0.241. The number of nitrogens with one attached hydrogen (secondary N) is 2. The first-order chi connectivity index (χ1) is 11.3. The molecule has 0 amide bonds. The highest BCUT2D eigenvalue weighted by atomic mass is 32.2. The molecule has 1 aromatic carbocycles. The van der Waals surface area contributed by atoms with Gasteiger partial charge in [0.2, 0.25) is 0 Å². The second kappa shape index (κ2) is 8.26. The molecule has 1 saturated carbocycles. The average molecular weight is 349 g/mol. The highest BCUT2D eigenvalue weighted by Gasteiger charge is 2.43. The van der Waals surface area contributed by atoms with Gasteiger partial charge in [0, 0.05) is 36.3 Å². The van der Waals surface area contributed by atoms with Crippen LogP contribution in [0, 0.1) is 5.41 Å². The number of guanidine groups is 1. The van der Waals surface area contributed by atoms with Gasteiger partial charge in [0.15, 0.2) is 5.96 Å². The third kappa shape index (κ3) is 6.36. The monoisotopic (exact) mass is 348 g/mol. The van der Waals surface area contributed by atoms with E-state index in [9.17, 15) is 0 Å². The van der Waals surface area contributed by atoms with Crippen molar-refractivity contribution in [2.45, 2.75) is 36.3 Å². The van der Waals surface area contributed by atoms with Crippen LogP contribution in [-0.2, 0) is 0 Å². The molecule has 1 aliphatic rings. The molecule has 2 N–H and O–H groups in total. The number of hydrogen-bond acceptors (Lipinski definition) is 3. The van der Waals surface area contributed by atoms with Gasteiger partial charge < -0.3 is 15.5 Å². The molecule has 0 radical (unpaired) electrons. The van der Waals surface area contributed by atoms with E-state index >= 15 is 0 Å². The van der Waals surface area contributed by atoms with Crippen LogP contribution in [0.25, 0.3) is 0 Å². The highest BCUT2D eigenvalue weighted by Crippen LogP contribution is 2.51. The molecule has 1 fully saturated rings. The zero-order valence-electron chi connectivity index (χ0n) is 15.7. The lowest BCUT2D eigenvalue weighted by Gasteiger charge is -2.29. The van der Waals surface area contributed by atoms with Crippen molar-refractivity contribution < 1.29 is 0 Å². The van der Waals surface area contributed by atoms with Crippen molar-refractivity contribution in [3.05, 3.63) is 30.3 Å². The van der Waals surface area contributed by atoms with E-state index in [0.29, 0.717) is 4.75 Å². The lowest BCUT2D eigenvalue weighted by Crippen LogP contribution is -2.46. The Bertz CT molecular complexity index is 536. The van der Waals surface area contributed by atoms with Crippen molar-refractivity contribution in [1.82, 2.24) is 15.5 Å². The number of benzene rings is 1. The molecule has 1 aromatic rings. The van der Waals surface area contributed by atoms with Crippen molar-refractivity contribution in [3.63, 3.8) is 0 Å². The molecular formula is C19H32N4S. The van der Waals surface area contributed by atoms with Crippen molar-refractivity contribution in [2.75, 3.05) is 40.8 Å². The molecule has 0 spiro atoms. The Labute approximate surface area is 151 Å². The average Bonchev–Trinajstić information content (AvgIpc) is 3.27. The topological polar surface area (TPSA) is 39.7 Å². The Balaban J connectivity index is 1.79. The van der Waals surface area contributed by atoms with E-state index in [4.69, 9.17) is 0 Å². The number of nitrogens with zero attached hydrogens (tertiary/aromatic N) is 2. The van der Waals surface area contributed by atoms with E-state index in [-0.39, 0.29) is 5.41 Å². The molecule has 1 aliphatic carbocycles. The smallest absolute Gasteiger partial charge is 0.191 e. The van der Waals surface area contributed by atoms with Gasteiger partial charge in [-0.15, -0.1) is 11.8 Å². The second-order valence-electron chi connectivity index (χ2n) is 7.78. The number of aliphatic imine (C=N–C) groups is 1. The Morgan fingerprint density at radius 2 is 1.88 bits per heavy atom. The van der Waals surface area contributed by atoms with Crippen LogP contribution in [0.4, 0.5) is 0 Å². The molecule has 0 unspecified atom stereocenters. The minimum absolute atomic E-state index is 0.206. The summed E-state index contributed by atoms with van der Waals surface area (Å²) in [5, 5.41) is 7.01. The van der Waals surface area contributed by atoms with Crippen LogP contribution in [0.2, 0.25) is 0 Å². The zero-order chi connectivity index (χ0) is 17.6. The molecule has 0 bridgehead atoms. The molecule has 24 heavy (non-hydrogen) atoms. The van der Waals surface area contributed by atoms with Crippen LogP contribution in [0.15, 0.2) is 40.2 Å². The fourth-order valence-corrected chi connectivity index (χ4v) is 4.14. The van der Waals surface area contributed by atoms with Gasteiger partial charge in [0.1, 0.15) is 0 Å². The summed E-state index contributed by atoms with van der Waals surface area (Å²) in [6, 6.07) is 10.7. The molecular weight excluding hydrogens is 316 g/mol. The van der Waals surface area contributed by atoms with Crippen molar-refractivity contribution >= 4 is 17.7 Å². The van der Waals surface area contributed by atoms with E-state index in [1.165, 1.54) is 17.7 Å². The first-order valence-electron chi connectivity index (χ1n) is 8.68. The summed E-state index contributed by atoms with van der Waals surface area (Å²) in [6.07, 6.45) is 2.53. The fourth-order valence-electron chi connectivity index (χ4n) is 2.89. The predicted octanol–water partition coefficient (Wildman–Crippen LogP) is 3.06. The maximum Gasteiger partial charge on any atom is 0.191 e. The summed E-state index contributed by atoms with van der Waals surface area (Å²) >= 11 is 1.99. The Hall–Kier alpha value is -1.20. The normalized spacial score (nSPS) is 17.0. The first-order valence-corrected chi connectivity index (χ1v) is 9.49. The molecule has 2 rings (SSSR count). The van der Waals surface area contributed by atoms with E-state index in [1.54, 1.807) is 0 Å². The van der Waals surface area contributed by atoms with E-state index in [2.05, 4.69) is 78.8 Å². The van der Waals surface area contributed by atoms with Gasteiger partial charge in [0.05, 0.1) is 0 Å². The van der Waals surface area contributed by atoms with Crippen LogP contribution < -0.4 is 10.6 Å². The van der Waals surface area contributed by atoms with Crippen molar-refractivity contribution in [2.24, 2.45) is 10.4 Å². The van der Waals surface area contributed by atoms with Crippen LogP contribution >= 0.6 is 11.8 Å². The summed E-state index contributed by atoms with van der Waals surface area (Å²) in [5.41, 5.74) is 0.206. The third-order valence-electron chi connectivity index (χ3n) is 4.17. The standard InChI is InChI=1S/C19H32N4S/c1-18(2,15-23(4)5)13-21-17(20-3)22-14-19(11-12-19)24-16-9-7-6-8-10-16/h6-10H,11-15H2,1-5H3,(H2,20,21,22). The van der Waals surface area contributed by atoms with Crippen LogP contribution in [-0.4, -0.2) is 56.4 Å². The minimum Gasteiger partial charge on any atom is -0.356 e. The molecule has 0 atom stereocenters. The summed E-state index contributed by atoms with van der Waals surface area (Å²) < 4.78 is 0.331. The Morgan fingerprint density at radius 1 is 1.21 bits per heavy atom. The van der Waals surface area contributed by atoms with Gasteiger partial charge in [-0.2, -0.15) is 0 Å². The Kier molecular flexibility index (Phi) is 6.58. The summed E-state index contributed by atoms with van der Waals surface area (Å²) in [7, 11) is 6.08. The molecule has 134 valence electrons. The van der Waals surface area contributed by atoms with Gasteiger partial charge >= 0.3 is 0 Å². The number of thioether (sulfide) groups is 1. The molecule has 0 aromatic heterocycles. The minimum atomic E-state index is 0.206. The maximum absolute atomic E-state index is 4.38. The van der Waals surface area contributed by atoms with Crippen LogP contribution in [0.1, 0.15) is 26.7 Å². The van der Waals surface area contributed by atoms with E-state index in [1.807, 2.05) is 18.8 Å². The van der Waals surface area contributed by atoms with Gasteiger partial charge in [0.25, 0.3) is 0 Å². The molecule has 0 heterocycles. The number of hydrogen-bond donors (Lipinski definition) is 2. The molecule has 0 saturated heterocycles. The molecule has 5 heteroatoms.